The van der Waals surface area contributed by atoms with Crippen molar-refractivity contribution in [3.8, 4) is 0 Å². The molecule has 1 unspecified atom stereocenters. The van der Waals surface area contributed by atoms with Gasteiger partial charge < -0.3 is 15.2 Å². The Labute approximate surface area is 96.4 Å². The van der Waals surface area contributed by atoms with Crippen molar-refractivity contribution in [3.63, 3.8) is 0 Å². The normalized spacial score (nSPS) is 13.0. The van der Waals surface area contributed by atoms with E-state index in [1.54, 1.807) is 4.68 Å². The fourth-order valence-corrected chi connectivity index (χ4v) is 1.51. The van der Waals surface area contributed by atoms with Crippen LogP contribution in [0.25, 0.3) is 0 Å². The summed E-state index contributed by atoms with van der Waals surface area (Å²) in [5.41, 5.74) is 2.18. The number of aromatic nitrogens is 2. The molecule has 0 aliphatic heterocycles. The first-order valence-corrected chi connectivity index (χ1v) is 5.59. The zero-order valence-corrected chi connectivity index (χ0v) is 10.2. The van der Waals surface area contributed by atoms with E-state index in [2.05, 4.69) is 10.4 Å². The minimum absolute atomic E-state index is 0.384. The number of ether oxygens (including phenoxy) is 1. The highest BCUT2D eigenvalue weighted by molar-refractivity contribution is 5.14. The number of aliphatic hydroxyl groups excluding tert-OH is 1. The van der Waals surface area contributed by atoms with E-state index < -0.39 is 6.10 Å². The molecule has 0 aromatic carbocycles. The molecule has 2 N–H and O–H groups in total. The number of hydrogen-bond acceptors (Lipinski definition) is 4. The summed E-state index contributed by atoms with van der Waals surface area (Å²) >= 11 is 0. The van der Waals surface area contributed by atoms with Crippen LogP contribution in [0.2, 0.25) is 0 Å². The molecule has 0 saturated carbocycles. The third-order valence-corrected chi connectivity index (χ3v) is 2.32. The highest BCUT2D eigenvalue weighted by Gasteiger charge is 2.05. The maximum atomic E-state index is 9.52. The van der Waals surface area contributed by atoms with Crippen molar-refractivity contribution in [1.82, 2.24) is 15.1 Å². The summed E-state index contributed by atoms with van der Waals surface area (Å²) in [6, 6.07) is 0. The molecule has 1 rings (SSSR count). The predicted octanol–water partition coefficient (Wildman–Crippen LogP) is 0.216. The Bertz CT molecular complexity index is 312. The van der Waals surface area contributed by atoms with Gasteiger partial charge in [-0.05, 0) is 13.8 Å². The van der Waals surface area contributed by atoms with Gasteiger partial charge in [0.25, 0.3) is 0 Å². The smallest absolute Gasteiger partial charge is 0.0897 e. The van der Waals surface area contributed by atoms with Gasteiger partial charge in [0.05, 0.1) is 18.4 Å². The Morgan fingerprint density at radius 3 is 2.94 bits per heavy atom. The molecule has 0 bridgehead atoms. The van der Waals surface area contributed by atoms with Crippen molar-refractivity contribution >= 4 is 0 Å². The van der Waals surface area contributed by atoms with Gasteiger partial charge in [0.15, 0.2) is 0 Å². The molecule has 0 aliphatic carbocycles. The molecule has 92 valence electrons. The topological polar surface area (TPSA) is 59.3 Å². The van der Waals surface area contributed by atoms with Crippen LogP contribution in [-0.2, 0) is 18.3 Å². The molecule has 0 saturated heterocycles. The summed E-state index contributed by atoms with van der Waals surface area (Å²) in [5, 5.41) is 17.0. The van der Waals surface area contributed by atoms with Gasteiger partial charge in [-0.3, -0.25) is 4.68 Å². The summed E-state index contributed by atoms with van der Waals surface area (Å²) in [6.45, 7) is 6.18. The lowest BCUT2D eigenvalue weighted by Crippen LogP contribution is -2.30. The Morgan fingerprint density at radius 1 is 1.62 bits per heavy atom. The van der Waals surface area contributed by atoms with Crippen molar-refractivity contribution in [2.24, 2.45) is 7.05 Å². The Kier molecular flexibility index (Phi) is 5.45. The first kappa shape index (κ1) is 13.2. The summed E-state index contributed by atoms with van der Waals surface area (Å²) in [7, 11) is 1.90. The van der Waals surface area contributed by atoms with Gasteiger partial charge in [-0.1, -0.05) is 0 Å². The molecule has 0 amide bonds. The predicted molar refractivity (Wildman–Crippen MR) is 62.2 cm³/mol. The summed E-state index contributed by atoms with van der Waals surface area (Å²) < 4.78 is 6.91. The molecule has 0 fully saturated rings. The quantitative estimate of drug-likeness (QED) is 0.699. The van der Waals surface area contributed by atoms with E-state index >= 15 is 0 Å². The van der Waals surface area contributed by atoms with Crippen LogP contribution >= 0.6 is 0 Å². The molecule has 1 heterocycles. The highest BCUT2D eigenvalue weighted by atomic mass is 16.5. The standard InChI is InChI=1S/C11H21N3O2/c1-4-16-8-11(15)6-12-5-10-7-14(3)13-9(10)2/h7,11-12,15H,4-6,8H2,1-3H3. The van der Waals surface area contributed by atoms with Gasteiger partial charge in [0.1, 0.15) is 0 Å². The lowest BCUT2D eigenvalue weighted by atomic mass is 10.2. The van der Waals surface area contributed by atoms with Gasteiger partial charge >= 0.3 is 0 Å². The van der Waals surface area contributed by atoms with Crippen molar-refractivity contribution in [2.45, 2.75) is 26.5 Å². The number of hydrogen-bond donors (Lipinski definition) is 2. The molecule has 0 radical (unpaired) electrons. The van der Waals surface area contributed by atoms with Gasteiger partial charge in [-0.15, -0.1) is 0 Å². The van der Waals surface area contributed by atoms with Crippen LogP contribution < -0.4 is 5.32 Å². The molecular formula is C11H21N3O2. The molecule has 1 aromatic heterocycles. The number of nitrogens with zero attached hydrogens (tertiary/aromatic N) is 2. The molecule has 5 nitrogen and oxygen atoms in total. The monoisotopic (exact) mass is 227 g/mol. The minimum Gasteiger partial charge on any atom is -0.389 e. The average Bonchev–Trinajstić information content (AvgIpc) is 2.55. The largest absolute Gasteiger partial charge is 0.389 e. The van der Waals surface area contributed by atoms with Crippen molar-refractivity contribution in [1.29, 1.82) is 0 Å². The Morgan fingerprint density at radius 2 is 2.38 bits per heavy atom. The lowest BCUT2D eigenvalue weighted by molar-refractivity contribution is 0.0427. The number of aryl methyl sites for hydroxylation is 2. The third kappa shape index (κ3) is 4.30. The lowest BCUT2D eigenvalue weighted by Gasteiger charge is -2.11. The van der Waals surface area contributed by atoms with Gasteiger partial charge in [-0.25, -0.2) is 0 Å². The van der Waals surface area contributed by atoms with Crippen LogP contribution in [0.15, 0.2) is 6.20 Å². The van der Waals surface area contributed by atoms with Gasteiger partial charge in [0, 0.05) is 38.5 Å². The summed E-state index contributed by atoms with van der Waals surface area (Å²) in [5.74, 6) is 0. The second-order valence-corrected chi connectivity index (χ2v) is 3.86. The number of aliphatic hydroxyl groups is 1. The van der Waals surface area contributed by atoms with E-state index in [0.717, 1.165) is 17.8 Å². The van der Waals surface area contributed by atoms with E-state index in [0.29, 0.717) is 19.8 Å². The van der Waals surface area contributed by atoms with E-state index in [1.165, 1.54) is 0 Å². The van der Waals surface area contributed by atoms with Crippen LogP contribution in [-0.4, -0.2) is 40.7 Å². The maximum absolute atomic E-state index is 9.52. The molecule has 5 heteroatoms. The zero-order chi connectivity index (χ0) is 12.0. The van der Waals surface area contributed by atoms with Gasteiger partial charge in [0.2, 0.25) is 0 Å². The number of rotatable bonds is 7. The van der Waals surface area contributed by atoms with E-state index in [-0.39, 0.29) is 0 Å². The Balaban J connectivity index is 2.22. The number of nitrogens with one attached hydrogen (secondary N) is 1. The molecule has 0 spiro atoms. The average molecular weight is 227 g/mol. The molecule has 0 aliphatic rings. The molecule has 16 heavy (non-hydrogen) atoms. The summed E-state index contributed by atoms with van der Waals surface area (Å²) in [4.78, 5) is 0. The highest BCUT2D eigenvalue weighted by Crippen LogP contribution is 2.03. The van der Waals surface area contributed by atoms with Crippen molar-refractivity contribution in [2.75, 3.05) is 19.8 Å². The fourth-order valence-electron chi connectivity index (χ4n) is 1.51. The van der Waals surface area contributed by atoms with Crippen LogP contribution in [0.4, 0.5) is 0 Å². The van der Waals surface area contributed by atoms with Gasteiger partial charge in [-0.2, -0.15) is 5.10 Å². The minimum atomic E-state index is -0.447. The first-order chi connectivity index (χ1) is 7.63. The van der Waals surface area contributed by atoms with Crippen LogP contribution in [0, 0.1) is 6.92 Å². The maximum Gasteiger partial charge on any atom is 0.0897 e. The van der Waals surface area contributed by atoms with Crippen LogP contribution in [0.1, 0.15) is 18.2 Å². The fraction of sp³-hybridized carbons (Fsp3) is 0.727. The molecular weight excluding hydrogens is 206 g/mol. The van der Waals surface area contributed by atoms with Crippen molar-refractivity contribution in [3.05, 3.63) is 17.5 Å². The zero-order valence-electron chi connectivity index (χ0n) is 10.2. The second kappa shape index (κ2) is 6.62. The Hall–Kier alpha value is -0.910. The van der Waals surface area contributed by atoms with E-state index in [4.69, 9.17) is 4.74 Å². The SMILES string of the molecule is CCOCC(O)CNCc1cn(C)nc1C. The van der Waals surface area contributed by atoms with E-state index in [9.17, 15) is 5.11 Å². The van der Waals surface area contributed by atoms with Crippen molar-refractivity contribution < 1.29 is 9.84 Å². The van der Waals surface area contributed by atoms with Crippen LogP contribution in [0.5, 0.6) is 0 Å². The van der Waals surface area contributed by atoms with E-state index in [1.807, 2.05) is 27.1 Å². The second-order valence-electron chi connectivity index (χ2n) is 3.86. The first-order valence-electron chi connectivity index (χ1n) is 5.59. The molecule has 1 aromatic rings. The summed E-state index contributed by atoms with van der Waals surface area (Å²) in [6.07, 6.45) is 1.54. The molecule has 1 atom stereocenters. The van der Waals surface area contributed by atoms with Crippen LogP contribution in [0.3, 0.4) is 0 Å². The third-order valence-electron chi connectivity index (χ3n) is 2.32.